The van der Waals surface area contributed by atoms with E-state index in [4.69, 9.17) is 16.3 Å². The van der Waals surface area contributed by atoms with E-state index in [0.717, 1.165) is 22.4 Å². The Morgan fingerprint density at radius 3 is 2.88 bits per heavy atom. The Bertz CT molecular complexity index is 508. The molecule has 0 aliphatic heterocycles. The minimum absolute atomic E-state index is 0.462. The summed E-state index contributed by atoms with van der Waals surface area (Å²) in [5.74, 6) is 1.34. The third-order valence-electron chi connectivity index (χ3n) is 2.58. The number of nitrogens with zero attached hydrogens (tertiary/aromatic N) is 2. The second kappa shape index (κ2) is 5.23. The lowest BCUT2D eigenvalue weighted by atomic mass is 10.1. The average molecular weight is 251 g/mol. The van der Waals surface area contributed by atoms with Crippen molar-refractivity contribution in [2.75, 3.05) is 0 Å². The molecule has 2 aromatic rings. The normalized spacial score (nSPS) is 10.5. The van der Waals surface area contributed by atoms with E-state index >= 15 is 0 Å². The first kappa shape index (κ1) is 12.0. The summed E-state index contributed by atoms with van der Waals surface area (Å²) in [6, 6.07) is 6.00. The smallest absolute Gasteiger partial charge is 0.127 e. The molecule has 0 amide bonds. The molecule has 0 aliphatic rings. The van der Waals surface area contributed by atoms with E-state index in [1.807, 2.05) is 38.4 Å². The number of ether oxygens (including phenoxy) is 1. The van der Waals surface area contributed by atoms with Crippen LogP contribution >= 0.6 is 11.6 Å². The van der Waals surface area contributed by atoms with Crippen molar-refractivity contribution >= 4 is 11.6 Å². The van der Waals surface area contributed by atoms with Crippen molar-refractivity contribution in [3.63, 3.8) is 0 Å². The number of aromatic nitrogens is 2. The van der Waals surface area contributed by atoms with E-state index in [2.05, 4.69) is 5.10 Å². The fraction of sp³-hybridized carbons (Fsp3) is 0.308. The van der Waals surface area contributed by atoms with Crippen molar-refractivity contribution < 1.29 is 4.74 Å². The van der Waals surface area contributed by atoms with Crippen LogP contribution in [0.2, 0.25) is 0 Å². The zero-order valence-corrected chi connectivity index (χ0v) is 10.7. The van der Waals surface area contributed by atoms with Crippen LogP contribution in [0.3, 0.4) is 0 Å². The average Bonchev–Trinajstić information content (AvgIpc) is 2.73. The summed E-state index contributed by atoms with van der Waals surface area (Å²) in [4.78, 5) is 0. The van der Waals surface area contributed by atoms with Crippen LogP contribution in [-0.4, -0.2) is 9.78 Å². The highest BCUT2D eigenvalue weighted by atomic mass is 35.5. The third-order valence-corrected chi connectivity index (χ3v) is 2.87. The molecule has 0 spiro atoms. The Morgan fingerprint density at radius 2 is 2.24 bits per heavy atom. The molecule has 4 heteroatoms. The van der Waals surface area contributed by atoms with Gasteiger partial charge in [0.15, 0.2) is 0 Å². The highest BCUT2D eigenvalue weighted by Gasteiger charge is 2.06. The largest absolute Gasteiger partial charge is 0.488 e. The Labute approximate surface area is 106 Å². The molecule has 1 aromatic carbocycles. The highest BCUT2D eigenvalue weighted by molar-refractivity contribution is 6.17. The second-order valence-corrected chi connectivity index (χ2v) is 4.27. The summed E-state index contributed by atoms with van der Waals surface area (Å²) in [6.07, 6.45) is 3.75. The lowest BCUT2D eigenvalue weighted by Crippen LogP contribution is -1.99. The van der Waals surface area contributed by atoms with Crippen LogP contribution in [0.4, 0.5) is 0 Å². The molecule has 0 saturated carbocycles. The van der Waals surface area contributed by atoms with Crippen LogP contribution in [-0.2, 0) is 19.5 Å². The van der Waals surface area contributed by atoms with Crippen LogP contribution in [0.25, 0.3) is 0 Å². The molecule has 90 valence electrons. The third kappa shape index (κ3) is 2.80. The van der Waals surface area contributed by atoms with Gasteiger partial charge in [-0.05, 0) is 12.5 Å². The van der Waals surface area contributed by atoms with Crippen LogP contribution in [0.15, 0.2) is 30.6 Å². The number of para-hydroxylation sites is 1. The lowest BCUT2D eigenvalue weighted by molar-refractivity contribution is 0.301. The molecule has 0 N–H and O–H groups in total. The first-order valence-electron chi connectivity index (χ1n) is 5.45. The van der Waals surface area contributed by atoms with Gasteiger partial charge in [0.05, 0.1) is 12.1 Å². The molecule has 0 aliphatic carbocycles. The van der Waals surface area contributed by atoms with Gasteiger partial charge in [0, 0.05) is 24.4 Å². The van der Waals surface area contributed by atoms with Crippen molar-refractivity contribution in [1.82, 2.24) is 9.78 Å². The van der Waals surface area contributed by atoms with Gasteiger partial charge in [0.2, 0.25) is 0 Å². The summed E-state index contributed by atoms with van der Waals surface area (Å²) in [6.45, 7) is 2.54. The van der Waals surface area contributed by atoms with E-state index < -0.39 is 0 Å². The number of hydrogen-bond acceptors (Lipinski definition) is 2. The number of aryl methyl sites for hydroxylation is 2. The van der Waals surface area contributed by atoms with Crippen molar-refractivity contribution in [3.05, 3.63) is 47.3 Å². The van der Waals surface area contributed by atoms with Gasteiger partial charge in [0.1, 0.15) is 12.4 Å². The van der Waals surface area contributed by atoms with Gasteiger partial charge in [-0.15, -0.1) is 11.6 Å². The van der Waals surface area contributed by atoms with Gasteiger partial charge >= 0.3 is 0 Å². The zero-order chi connectivity index (χ0) is 12.3. The van der Waals surface area contributed by atoms with Gasteiger partial charge < -0.3 is 4.74 Å². The van der Waals surface area contributed by atoms with Gasteiger partial charge in [-0.1, -0.05) is 18.2 Å². The van der Waals surface area contributed by atoms with Gasteiger partial charge in [-0.3, -0.25) is 4.68 Å². The van der Waals surface area contributed by atoms with Crippen LogP contribution in [0, 0.1) is 6.92 Å². The van der Waals surface area contributed by atoms with Crippen LogP contribution < -0.4 is 4.74 Å². The van der Waals surface area contributed by atoms with E-state index in [0.29, 0.717) is 12.5 Å². The Balaban J connectivity index is 2.13. The minimum atomic E-state index is 0.462. The standard InChI is InChI=1S/C13H15ClN2O/c1-10-4-3-5-12(6-14)13(10)17-9-11-7-15-16(2)8-11/h3-5,7-8H,6,9H2,1-2H3. The van der Waals surface area contributed by atoms with E-state index in [9.17, 15) is 0 Å². The molecule has 17 heavy (non-hydrogen) atoms. The number of alkyl halides is 1. The molecule has 0 radical (unpaired) electrons. The molecular formula is C13H15ClN2O. The van der Waals surface area contributed by atoms with E-state index in [-0.39, 0.29) is 0 Å². The molecule has 1 heterocycles. The van der Waals surface area contributed by atoms with Crippen molar-refractivity contribution in [2.24, 2.45) is 7.05 Å². The quantitative estimate of drug-likeness (QED) is 0.780. The maximum atomic E-state index is 5.89. The maximum absolute atomic E-state index is 5.89. The second-order valence-electron chi connectivity index (χ2n) is 4.01. The lowest BCUT2D eigenvalue weighted by Gasteiger charge is -2.11. The molecule has 2 rings (SSSR count). The summed E-state index contributed by atoms with van der Waals surface area (Å²) < 4.78 is 7.58. The number of hydrogen-bond donors (Lipinski definition) is 0. The molecular weight excluding hydrogens is 236 g/mol. The van der Waals surface area contributed by atoms with E-state index in [1.165, 1.54) is 0 Å². The highest BCUT2D eigenvalue weighted by Crippen LogP contribution is 2.25. The molecule has 0 unspecified atom stereocenters. The van der Waals surface area contributed by atoms with Crippen molar-refractivity contribution in [3.8, 4) is 5.75 Å². The van der Waals surface area contributed by atoms with Crippen molar-refractivity contribution in [2.45, 2.75) is 19.4 Å². The maximum Gasteiger partial charge on any atom is 0.127 e. The van der Waals surface area contributed by atoms with Crippen LogP contribution in [0.1, 0.15) is 16.7 Å². The van der Waals surface area contributed by atoms with Gasteiger partial charge in [0.25, 0.3) is 0 Å². The predicted octanol–water partition coefficient (Wildman–Crippen LogP) is 3.05. The first-order valence-corrected chi connectivity index (χ1v) is 5.99. The minimum Gasteiger partial charge on any atom is -0.488 e. The molecule has 0 bridgehead atoms. The molecule has 3 nitrogen and oxygen atoms in total. The fourth-order valence-corrected chi connectivity index (χ4v) is 1.94. The monoisotopic (exact) mass is 250 g/mol. The van der Waals surface area contributed by atoms with E-state index in [1.54, 1.807) is 10.9 Å². The molecule has 1 aromatic heterocycles. The number of benzene rings is 1. The molecule has 0 atom stereocenters. The summed E-state index contributed by atoms with van der Waals surface area (Å²) in [5, 5.41) is 4.10. The van der Waals surface area contributed by atoms with Crippen LogP contribution in [0.5, 0.6) is 5.75 Å². The summed E-state index contributed by atoms with van der Waals surface area (Å²) >= 11 is 5.89. The Kier molecular flexibility index (Phi) is 3.69. The topological polar surface area (TPSA) is 27.1 Å². The van der Waals surface area contributed by atoms with Gasteiger partial charge in [-0.2, -0.15) is 5.10 Å². The van der Waals surface area contributed by atoms with Crippen molar-refractivity contribution in [1.29, 1.82) is 0 Å². The summed E-state index contributed by atoms with van der Waals surface area (Å²) in [7, 11) is 1.89. The Morgan fingerprint density at radius 1 is 1.41 bits per heavy atom. The zero-order valence-electron chi connectivity index (χ0n) is 9.98. The summed E-state index contributed by atoms with van der Waals surface area (Å²) in [5.41, 5.74) is 3.18. The van der Waals surface area contributed by atoms with Gasteiger partial charge in [-0.25, -0.2) is 0 Å². The SMILES string of the molecule is Cc1cccc(CCl)c1OCc1cnn(C)c1. The first-order chi connectivity index (χ1) is 8.20. The number of rotatable bonds is 4. The Hall–Kier alpha value is -1.48. The molecule has 0 fully saturated rings. The molecule has 0 saturated heterocycles. The fourth-order valence-electron chi connectivity index (χ4n) is 1.73. The number of halogens is 1. The predicted molar refractivity (Wildman–Crippen MR) is 68.3 cm³/mol.